The van der Waals surface area contributed by atoms with Gasteiger partial charge in [-0.15, -0.1) is 6.58 Å². The van der Waals surface area contributed by atoms with Gasteiger partial charge in [-0.2, -0.15) is 4.74 Å². The van der Waals surface area contributed by atoms with Gasteiger partial charge in [0.2, 0.25) is 0 Å². The Kier molecular flexibility index (Phi) is 5.13. The summed E-state index contributed by atoms with van der Waals surface area (Å²) in [5.74, 6) is 0.671. The largest absolute Gasteiger partial charge is 0.622 e. The second kappa shape index (κ2) is 6.71. The molecule has 2 rings (SSSR count). The van der Waals surface area contributed by atoms with Crippen molar-refractivity contribution in [1.82, 2.24) is 4.90 Å². The van der Waals surface area contributed by atoms with Crippen LogP contribution >= 0.6 is 24.0 Å². The van der Waals surface area contributed by atoms with E-state index in [-0.39, 0.29) is 10.9 Å². The number of methoxy groups -OCH3 is 1. The average molecular weight is 336 g/mol. The molecule has 22 heavy (non-hydrogen) atoms. The zero-order chi connectivity index (χ0) is 16.3. The number of thioether (sulfide) groups is 1. The third-order valence-corrected chi connectivity index (χ3v) is 5.10. The highest BCUT2D eigenvalue weighted by Crippen LogP contribution is 2.41. The average Bonchev–Trinajstić information content (AvgIpc) is 2.69. The molecule has 0 amide bonds. The van der Waals surface area contributed by atoms with Crippen molar-refractivity contribution < 1.29 is 9.48 Å². The van der Waals surface area contributed by atoms with Gasteiger partial charge < -0.3 is 9.94 Å². The lowest BCUT2D eigenvalue weighted by Crippen LogP contribution is -2.47. The lowest BCUT2D eigenvalue weighted by molar-refractivity contribution is -0.523. The first-order chi connectivity index (χ1) is 10.4. The summed E-state index contributed by atoms with van der Waals surface area (Å²) in [6, 6.07) is 7.44. The fraction of sp³-hybridized carbons (Fsp3) is 0.375. The molecule has 1 unspecified atom stereocenters. The van der Waals surface area contributed by atoms with Crippen molar-refractivity contribution in [2.24, 2.45) is 0 Å². The zero-order valence-electron chi connectivity index (χ0n) is 13.0. The predicted octanol–water partition coefficient (Wildman–Crippen LogP) is 3.25. The molecule has 4 nitrogen and oxygen atoms in total. The topological polar surface area (TPSA) is 38.5 Å². The SMILES string of the molecule is C=CCN1C(=S)SC(C)(C)C1[N+]([O-])=Cc1ccccc1OC. The summed E-state index contributed by atoms with van der Waals surface area (Å²) in [6.07, 6.45) is 2.95. The number of nitrogens with zero attached hydrogens (tertiary/aromatic N) is 2. The van der Waals surface area contributed by atoms with Crippen molar-refractivity contribution >= 4 is 34.5 Å². The number of rotatable bonds is 5. The molecule has 1 atom stereocenters. The van der Waals surface area contributed by atoms with Crippen LogP contribution < -0.4 is 4.74 Å². The summed E-state index contributed by atoms with van der Waals surface area (Å²) in [4.78, 5) is 1.91. The molecule has 0 bridgehead atoms. The minimum absolute atomic E-state index is 0.305. The Balaban J connectivity index is 2.40. The van der Waals surface area contributed by atoms with Crippen LogP contribution in [0.3, 0.4) is 0 Å². The molecule has 1 fully saturated rings. The summed E-state index contributed by atoms with van der Waals surface area (Å²) in [5.41, 5.74) is 0.747. The lowest BCUT2D eigenvalue weighted by atomic mass is 10.1. The Hall–Kier alpha value is -1.53. The first-order valence-electron chi connectivity index (χ1n) is 6.94. The molecule has 1 aliphatic rings. The fourth-order valence-corrected chi connectivity index (χ4v) is 4.45. The van der Waals surface area contributed by atoms with Crippen LogP contribution in [-0.4, -0.2) is 44.7 Å². The Morgan fingerprint density at radius 1 is 1.50 bits per heavy atom. The second-order valence-corrected chi connectivity index (χ2v) is 7.81. The summed E-state index contributed by atoms with van der Waals surface area (Å²) >= 11 is 6.95. The molecule has 1 saturated heterocycles. The Morgan fingerprint density at radius 2 is 2.18 bits per heavy atom. The van der Waals surface area contributed by atoms with Crippen molar-refractivity contribution in [2.75, 3.05) is 13.7 Å². The summed E-state index contributed by atoms with van der Waals surface area (Å²) in [6.45, 7) is 8.36. The lowest BCUT2D eigenvalue weighted by Gasteiger charge is -2.29. The Morgan fingerprint density at radius 3 is 2.82 bits per heavy atom. The minimum Gasteiger partial charge on any atom is -0.622 e. The molecule has 0 aromatic heterocycles. The van der Waals surface area contributed by atoms with Gasteiger partial charge in [0.15, 0.2) is 6.21 Å². The van der Waals surface area contributed by atoms with Crippen LogP contribution in [0.5, 0.6) is 5.75 Å². The third-order valence-electron chi connectivity index (χ3n) is 3.47. The number of para-hydroxylation sites is 1. The maximum atomic E-state index is 12.8. The molecule has 0 N–H and O–H groups in total. The molecular weight excluding hydrogens is 316 g/mol. The number of hydroxylamine groups is 1. The van der Waals surface area contributed by atoms with Crippen molar-refractivity contribution in [3.8, 4) is 5.75 Å². The van der Waals surface area contributed by atoms with E-state index in [0.29, 0.717) is 12.3 Å². The summed E-state index contributed by atoms with van der Waals surface area (Å²) < 4.78 is 6.69. The predicted molar refractivity (Wildman–Crippen MR) is 96.7 cm³/mol. The minimum atomic E-state index is -0.382. The van der Waals surface area contributed by atoms with E-state index in [4.69, 9.17) is 17.0 Å². The number of thiocarbonyl (C=S) groups is 1. The van der Waals surface area contributed by atoms with Crippen LogP contribution in [0, 0.1) is 5.21 Å². The zero-order valence-corrected chi connectivity index (χ0v) is 14.6. The van der Waals surface area contributed by atoms with Crippen LogP contribution in [0.15, 0.2) is 36.9 Å². The van der Waals surface area contributed by atoms with Crippen LogP contribution in [0.1, 0.15) is 19.4 Å². The van der Waals surface area contributed by atoms with E-state index in [2.05, 4.69) is 6.58 Å². The number of hydrogen-bond donors (Lipinski definition) is 0. The van der Waals surface area contributed by atoms with Gasteiger partial charge in [-0.3, -0.25) is 4.90 Å². The molecule has 1 aromatic rings. The Labute approximate surface area is 141 Å². The van der Waals surface area contributed by atoms with Crippen LogP contribution in [0.2, 0.25) is 0 Å². The number of hydrogen-bond acceptors (Lipinski definition) is 4. The van der Waals surface area contributed by atoms with E-state index < -0.39 is 0 Å². The molecule has 0 spiro atoms. The van der Waals surface area contributed by atoms with Gasteiger partial charge in [0, 0.05) is 6.54 Å². The molecule has 0 aliphatic carbocycles. The highest BCUT2D eigenvalue weighted by molar-refractivity contribution is 8.24. The van der Waals surface area contributed by atoms with Crippen LogP contribution in [-0.2, 0) is 0 Å². The van der Waals surface area contributed by atoms with Crippen LogP contribution in [0.4, 0.5) is 0 Å². The summed E-state index contributed by atoms with van der Waals surface area (Å²) in [7, 11) is 1.59. The first kappa shape index (κ1) is 16.8. The van der Waals surface area contributed by atoms with E-state index in [1.807, 2.05) is 43.0 Å². The third kappa shape index (κ3) is 3.28. The molecule has 0 saturated carbocycles. The van der Waals surface area contributed by atoms with Gasteiger partial charge in [0.1, 0.15) is 14.8 Å². The molecule has 1 aliphatic heterocycles. The highest BCUT2D eigenvalue weighted by Gasteiger charge is 2.49. The highest BCUT2D eigenvalue weighted by atomic mass is 32.2. The van der Waals surface area contributed by atoms with E-state index >= 15 is 0 Å². The van der Waals surface area contributed by atoms with E-state index in [1.165, 1.54) is 0 Å². The number of benzene rings is 1. The van der Waals surface area contributed by atoms with Crippen LogP contribution in [0.25, 0.3) is 0 Å². The van der Waals surface area contributed by atoms with E-state index in [9.17, 15) is 5.21 Å². The van der Waals surface area contributed by atoms with Gasteiger partial charge in [-0.25, -0.2) is 0 Å². The van der Waals surface area contributed by atoms with Crippen molar-refractivity contribution in [3.05, 3.63) is 47.7 Å². The maximum absolute atomic E-state index is 12.8. The smallest absolute Gasteiger partial charge is 0.254 e. The van der Waals surface area contributed by atoms with Gasteiger partial charge in [0.25, 0.3) is 6.17 Å². The van der Waals surface area contributed by atoms with Crippen molar-refractivity contribution in [2.45, 2.75) is 24.8 Å². The van der Waals surface area contributed by atoms with Gasteiger partial charge in [-0.1, -0.05) is 42.2 Å². The molecule has 118 valence electrons. The van der Waals surface area contributed by atoms with E-state index in [0.717, 1.165) is 14.6 Å². The molecule has 0 radical (unpaired) electrons. The monoisotopic (exact) mass is 336 g/mol. The maximum Gasteiger partial charge on any atom is 0.254 e. The number of ether oxygens (including phenoxy) is 1. The molecular formula is C16H20N2O2S2. The fourth-order valence-electron chi connectivity index (χ4n) is 2.55. The standard InChI is InChI=1S/C16H20N2O2S2/c1-5-10-17-14(16(2,3)22-15(17)21)18(19)11-12-8-6-7-9-13(12)20-4/h5-9,11,14H,1,10H2,2-4H3. The summed E-state index contributed by atoms with van der Waals surface area (Å²) in [5, 5.41) is 12.8. The normalized spacial score (nSPS) is 21.0. The van der Waals surface area contributed by atoms with E-state index in [1.54, 1.807) is 31.2 Å². The molecule has 1 aromatic carbocycles. The van der Waals surface area contributed by atoms with Gasteiger partial charge in [-0.05, 0) is 26.0 Å². The van der Waals surface area contributed by atoms with Crippen molar-refractivity contribution in [3.63, 3.8) is 0 Å². The Bertz CT molecular complexity index is 614. The van der Waals surface area contributed by atoms with Gasteiger partial charge >= 0.3 is 0 Å². The van der Waals surface area contributed by atoms with Gasteiger partial charge in [0.05, 0.1) is 12.7 Å². The van der Waals surface area contributed by atoms with Crippen molar-refractivity contribution in [1.29, 1.82) is 0 Å². The quantitative estimate of drug-likeness (QED) is 0.206. The first-order valence-corrected chi connectivity index (χ1v) is 8.17. The molecule has 6 heteroatoms. The molecule has 1 heterocycles. The second-order valence-electron chi connectivity index (χ2n) is 5.52.